The van der Waals surface area contributed by atoms with E-state index in [0.717, 1.165) is 65.9 Å². The molecule has 2 unspecified atom stereocenters. The van der Waals surface area contributed by atoms with Crippen molar-refractivity contribution in [3.05, 3.63) is 59.7 Å². The Bertz CT molecular complexity index is 1100. The van der Waals surface area contributed by atoms with E-state index in [9.17, 15) is 0 Å². The predicted octanol–water partition coefficient (Wildman–Crippen LogP) is 3.35. The molecule has 30 heavy (non-hydrogen) atoms. The summed E-state index contributed by atoms with van der Waals surface area (Å²) in [6.07, 6.45) is 7.70. The molecule has 4 N–H and O–H groups in total. The maximum atomic E-state index is 5.74. The van der Waals surface area contributed by atoms with Crippen LogP contribution >= 0.6 is 0 Å². The number of nitrogens with one attached hydrogen (secondary N) is 4. The van der Waals surface area contributed by atoms with Crippen molar-refractivity contribution in [2.24, 2.45) is 0 Å². The fourth-order valence-corrected chi connectivity index (χ4v) is 4.33. The van der Waals surface area contributed by atoms with Crippen LogP contribution in [0.1, 0.15) is 35.3 Å². The Morgan fingerprint density at radius 1 is 0.967 bits per heavy atom. The average molecular weight is 401 g/mol. The van der Waals surface area contributed by atoms with Crippen molar-refractivity contribution < 1.29 is 4.74 Å². The molecule has 0 aliphatic carbocycles. The lowest BCUT2D eigenvalue weighted by Gasteiger charge is -2.31. The zero-order chi connectivity index (χ0) is 19.9. The molecule has 0 radical (unpaired) electrons. The lowest BCUT2D eigenvalue weighted by Crippen LogP contribution is -2.28. The van der Waals surface area contributed by atoms with Crippen LogP contribution in [-0.2, 0) is 6.42 Å². The zero-order valence-electron chi connectivity index (χ0n) is 16.5. The first-order valence-corrected chi connectivity index (χ1v) is 10.4. The van der Waals surface area contributed by atoms with Gasteiger partial charge in [-0.1, -0.05) is 0 Å². The molecule has 3 aliphatic heterocycles. The summed E-state index contributed by atoms with van der Waals surface area (Å²) >= 11 is 0. The highest BCUT2D eigenvalue weighted by molar-refractivity contribution is 5.69. The van der Waals surface area contributed by atoms with Gasteiger partial charge in [0.25, 0.3) is 0 Å². The maximum Gasteiger partial charge on any atom is 0.168 e. The highest BCUT2D eigenvalue weighted by Crippen LogP contribution is 2.36. The van der Waals surface area contributed by atoms with Gasteiger partial charge in [0.2, 0.25) is 0 Å². The van der Waals surface area contributed by atoms with Crippen LogP contribution in [0, 0.1) is 0 Å². The van der Waals surface area contributed by atoms with Crippen molar-refractivity contribution in [1.82, 2.24) is 15.0 Å². The van der Waals surface area contributed by atoms with E-state index in [0.29, 0.717) is 6.61 Å². The quantitative estimate of drug-likeness (QED) is 0.519. The summed E-state index contributed by atoms with van der Waals surface area (Å²) in [5.74, 6) is 2.53. The summed E-state index contributed by atoms with van der Waals surface area (Å²) in [6.45, 7) is 2.20. The normalized spacial score (nSPS) is 21.3. The second kappa shape index (κ2) is 7.05. The maximum absolute atomic E-state index is 5.74. The van der Waals surface area contributed by atoms with Crippen LogP contribution < -0.4 is 26.0 Å². The third-order valence-electron chi connectivity index (χ3n) is 5.94. The van der Waals surface area contributed by atoms with E-state index in [1.807, 2.05) is 24.7 Å². The van der Waals surface area contributed by atoms with Crippen LogP contribution in [-0.4, -0.2) is 34.6 Å². The van der Waals surface area contributed by atoms with Gasteiger partial charge in [-0.05, 0) is 48.2 Å². The van der Waals surface area contributed by atoms with Gasteiger partial charge in [-0.3, -0.25) is 4.98 Å². The molecule has 0 fully saturated rings. The highest BCUT2D eigenvalue weighted by atomic mass is 16.5. The van der Waals surface area contributed by atoms with E-state index in [1.165, 1.54) is 5.56 Å². The lowest BCUT2D eigenvalue weighted by atomic mass is 9.97. The Morgan fingerprint density at radius 2 is 1.93 bits per heavy atom. The Morgan fingerprint density at radius 3 is 2.93 bits per heavy atom. The van der Waals surface area contributed by atoms with Crippen molar-refractivity contribution in [3.8, 4) is 5.75 Å². The molecular formula is C22H23N7O. The molecule has 0 spiro atoms. The summed E-state index contributed by atoms with van der Waals surface area (Å²) in [7, 11) is 0. The summed E-state index contributed by atoms with van der Waals surface area (Å²) in [5, 5.41) is 14.0. The first-order chi connectivity index (χ1) is 14.8. The highest BCUT2D eigenvalue weighted by Gasteiger charge is 2.25. The van der Waals surface area contributed by atoms with Gasteiger partial charge >= 0.3 is 0 Å². The van der Waals surface area contributed by atoms with E-state index < -0.39 is 0 Å². The van der Waals surface area contributed by atoms with Gasteiger partial charge in [-0.2, -0.15) is 0 Å². The molecule has 0 saturated carbocycles. The Kier molecular flexibility index (Phi) is 4.07. The summed E-state index contributed by atoms with van der Waals surface area (Å²) in [5.41, 5.74) is 5.58. The first-order valence-electron chi connectivity index (χ1n) is 10.4. The van der Waals surface area contributed by atoms with Gasteiger partial charge in [0.15, 0.2) is 11.6 Å². The van der Waals surface area contributed by atoms with Crippen molar-refractivity contribution in [2.45, 2.75) is 24.9 Å². The minimum Gasteiger partial charge on any atom is -0.488 e. The molecule has 0 amide bonds. The second-order valence-electron chi connectivity index (χ2n) is 7.87. The first kappa shape index (κ1) is 17.3. The van der Waals surface area contributed by atoms with Crippen molar-refractivity contribution in [2.75, 3.05) is 41.0 Å². The van der Waals surface area contributed by atoms with Crippen LogP contribution in [0.5, 0.6) is 5.75 Å². The standard InChI is InChI=1S/C22H23N7O/c1-2-16(27-15-5-6-23-10-13(1)15)17-3-4-18-21(29-17)26-12-19(28-18)14-9-20-22(25-11-14)24-7-8-30-20/h3-6,9-11,16,19,27-28H,1-2,7-8,12H2,(H,24,25)(H,26,29). The number of rotatable bonds is 2. The molecule has 2 atom stereocenters. The van der Waals surface area contributed by atoms with Crippen LogP contribution in [0.4, 0.5) is 23.0 Å². The van der Waals surface area contributed by atoms with E-state index in [1.54, 1.807) is 0 Å². The van der Waals surface area contributed by atoms with Crippen molar-refractivity contribution >= 4 is 23.0 Å². The van der Waals surface area contributed by atoms with Gasteiger partial charge in [-0.25, -0.2) is 9.97 Å². The minimum absolute atomic E-state index is 0.112. The van der Waals surface area contributed by atoms with Gasteiger partial charge in [0, 0.05) is 30.8 Å². The Balaban J connectivity index is 1.21. The molecule has 0 saturated heterocycles. The molecule has 3 aromatic rings. The number of fused-ring (bicyclic) bond motifs is 3. The van der Waals surface area contributed by atoms with Gasteiger partial charge in [0.1, 0.15) is 12.4 Å². The fraction of sp³-hybridized carbons (Fsp3) is 0.318. The smallest absolute Gasteiger partial charge is 0.168 e. The van der Waals surface area contributed by atoms with Crippen LogP contribution in [0.2, 0.25) is 0 Å². The Labute approximate surface area is 174 Å². The molecular weight excluding hydrogens is 378 g/mol. The lowest BCUT2D eigenvalue weighted by molar-refractivity contribution is 0.321. The number of hydrogen-bond donors (Lipinski definition) is 4. The number of nitrogens with zero attached hydrogens (tertiary/aromatic N) is 3. The van der Waals surface area contributed by atoms with E-state index in [2.05, 4.69) is 49.4 Å². The molecule has 3 aliphatic rings. The summed E-state index contributed by atoms with van der Waals surface area (Å²) in [6, 6.07) is 8.65. The molecule has 6 rings (SSSR count). The molecule has 8 heteroatoms. The van der Waals surface area contributed by atoms with E-state index in [-0.39, 0.29) is 12.1 Å². The average Bonchev–Trinajstić information content (AvgIpc) is 2.83. The van der Waals surface area contributed by atoms with E-state index in [4.69, 9.17) is 9.72 Å². The fourth-order valence-electron chi connectivity index (χ4n) is 4.33. The third-order valence-corrected chi connectivity index (χ3v) is 5.94. The van der Waals surface area contributed by atoms with Crippen LogP contribution in [0.15, 0.2) is 42.9 Å². The number of hydrogen-bond acceptors (Lipinski definition) is 8. The van der Waals surface area contributed by atoms with Gasteiger partial charge in [0.05, 0.1) is 30.0 Å². The van der Waals surface area contributed by atoms with Crippen molar-refractivity contribution in [1.29, 1.82) is 0 Å². The van der Waals surface area contributed by atoms with Crippen molar-refractivity contribution in [3.63, 3.8) is 0 Å². The monoisotopic (exact) mass is 401 g/mol. The minimum atomic E-state index is 0.112. The SMILES string of the molecule is c1cc2c(cn1)CCC(c1ccc3c(n1)NCC(c1cnc4c(c1)OCCN4)N3)N2. The number of aromatic nitrogens is 3. The second-order valence-corrected chi connectivity index (χ2v) is 7.87. The van der Waals surface area contributed by atoms with E-state index >= 15 is 0 Å². The number of anilines is 4. The topological polar surface area (TPSA) is 96.0 Å². The molecule has 0 aromatic carbocycles. The molecule has 152 valence electrons. The van der Waals surface area contributed by atoms with Gasteiger partial charge < -0.3 is 26.0 Å². The number of pyridine rings is 3. The zero-order valence-corrected chi connectivity index (χ0v) is 16.5. The molecule has 8 nitrogen and oxygen atoms in total. The Hall–Kier alpha value is -3.55. The van der Waals surface area contributed by atoms with Gasteiger partial charge in [-0.15, -0.1) is 0 Å². The summed E-state index contributed by atoms with van der Waals surface area (Å²) < 4.78 is 5.74. The molecule has 3 aromatic heterocycles. The number of aryl methyl sites for hydroxylation is 1. The van der Waals surface area contributed by atoms with Crippen LogP contribution in [0.25, 0.3) is 0 Å². The number of ether oxygens (including phenoxy) is 1. The largest absolute Gasteiger partial charge is 0.488 e. The summed E-state index contributed by atoms with van der Waals surface area (Å²) in [4.78, 5) is 13.6. The van der Waals surface area contributed by atoms with Crippen LogP contribution in [0.3, 0.4) is 0 Å². The molecule has 0 bridgehead atoms. The third kappa shape index (κ3) is 3.04. The molecule has 6 heterocycles. The predicted molar refractivity (Wildman–Crippen MR) is 116 cm³/mol.